The zero-order valence-corrected chi connectivity index (χ0v) is 13.6. The number of nitrogens with zero attached hydrogens (tertiary/aromatic N) is 1. The molecule has 0 amide bonds. The van der Waals surface area contributed by atoms with Crippen LogP contribution in [0.3, 0.4) is 0 Å². The summed E-state index contributed by atoms with van der Waals surface area (Å²) >= 11 is 9.02. The third kappa shape index (κ3) is 3.05. The van der Waals surface area contributed by atoms with Gasteiger partial charge in [-0.2, -0.15) is 0 Å². The van der Waals surface area contributed by atoms with Gasteiger partial charge in [0.05, 0.1) is 16.4 Å². The van der Waals surface area contributed by atoms with Crippen molar-refractivity contribution >= 4 is 48.9 Å². The van der Waals surface area contributed by atoms with Crippen molar-refractivity contribution in [2.75, 3.05) is 10.5 Å². The highest BCUT2D eigenvalue weighted by atomic mass is 79.9. The predicted molar refractivity (Wildman–Crippen MR) is 83.3 cm³/mol. The van der Waals surface area contributed by atoms with Gasteiger partial charge in [-0.25, -0.2) is 8.42 Å². The number of nitrogen functional groups attached to an aromatic ring is 1. The van der Waals surface area contributed by atoms with Crippen LogP contribution < -0.4 is 10.5 Å². The molecule has 0 atom stereocenters. The van der Waals surface area contributed by atoms with Gasteiger partial charge in [-0.1, -0.05) is 11.6 Å². The van der Waals surface area contributed by atoms with Crippen LogP contribution in [0.2, 0.25) is 5.02 Å². The van der Waals surface area contributed by atoms with E-state index in [4.69, 9.17) is 17.3 Å². The molecule has 2 aromatic rings. The Morgan fingerprint density at radius 2 is 2.10 bits per heavy atom. The van der Waals surface area contributed by atoms with E-state index < -0.39 is 10.0 Å². The first-order valence-corrected chi connectivity index (χ1v) is 8.14. The highest BCUT2D eigenvalue weighted by Crippen LogP contribution is 2.32. The zero-order chi connectivity index (χ0) is 14.9. The number of aromatic nitrogens is 1. The van der Waals surface area contributed by atoms with Crippen LogP contribution in [0.5, 0.6) is 0 Å². The number of anilines is 2. The van der Waals surface area contributed by atoms with E-state index in [1.807, 2.05) is 0 Å². The number of benzene rings is 1. The third-order valence-corrected chi connectivity index (χ3v) is 5.36. The summed E-state index contributed by atoms with van der Waals surface area (Å²) in [5.74, 6) is 0. The van der Waals surface area contributed by atoms with E-state index in [2.05, 4.69) is 25.6 Å². The Hall–Kier alpha value is -1.31. The highest BCUT2D eigenvalue weighted by molar-refractivity contribution is 9.10. The minimum atomic E-state index is -3.81. The molecule has 1 aromatic heterocycles. The summed E-state index contributed by atoms with van der Waals surface area (Å²) in [6.07, 6.45) is 3.02. The minimum absolute atomic E-state index is 0.0225. The molecule has 0 aliphatic rings. The molecule has 20 heavy (non-hydrogen) atoms. The second-order valence-corrected chi connectivity index (χ2v) is 6.98. The molecular weight excluding hydrogens is 366 g/mol. The Labute approximate surface area is 130 Å². The van der Waals surface area contributed by atoms with Gasteiger partial charge in [0.25, 0.3) is 10.0 Å². The van der Waals surface area contributed by atoms with Crippen molar-refractivity contribution in [1.29, 1.82) is 0 Å². The maximum atomic E-state index is 12.4. The third-order valence-electron chi connectivity index (χ3n) is 2.61. The fourth-order valence-corrected chi connectivity index (χ4v) is 3.96. The lowest BCUT2D eigenvalue weighted by molar-refractivity contribution is 0.600. The first-order valence-electron chi connectivity index (χ1n) is 5.49. The van der Waals surface area contributed by atoms with Gasteiger partial charge in [0.15, 0.2) is 0 Å². The molecule has 2 rings (SSSR count). The average molecular weight is 377 g/mol. The molecule has 0 bridgehead atoms. The van der Waals surface area contributed by atoms with Crippen LogP contribution in [0.15, 0.2) is 40.0 Å². The SMILES string of the molecule is Cc1ccncc1NS(=O)(=O)c1cc(Cl)cc(N)c1Br. The number of hydrogen-bond acceptors (Lipinski definition) is 4. The molecule has 5 nitrogen and oxygen atoms in total. The van der Waals surface area contributed by atoms with Gasteiger partial charge in [-0.15, -0.1) is 0 Å². The van der Waals surface area contributed by atoms with Crippen LogP contribution in [0.4, 0.5) is 11.4 Å². The average Bonchev–Trinajstić information content (AvgIpc) is 2.36. The second-order valence-electron chi connectivity index (χ2n) is 4.10. The van der Waals surface area contributed by atoms with Crippen LogP contribution in [0, 0.1) is 6.92 Å². The van der Waals surface area contributed by atoms with Crippen molar-refractivity contribution in [2.24, 2.45) is 0 Å². The van der Waals surface area contributed by atoms with Gasteiger partial charge < -0.3 is 5.73 Å². The van der Waals surface area contributed by atoms with Crippen molar-refractivity contribution in [3.8, 4) is 0 Å². The number of pyridine rings is 1. The molecule has 106 valence electrons. The Kier molecular flexibility index (Phi) is 4.22. The lowest BCUT2D eigenvalue weighted by Gasteiger charge is -2.12. The number of hydrogen-bond donors (Lipinski definition) is 2. The summed E-state index contributed by atoms with van der Waals surface area (Å²) in [7, 11) is -3.81. The van der Waals surface area contributed by atoms with E-state index >= 15 is 0 Å². The lowest BCUT2D eigenvalue weighted by atomic mass is 10.3. The topological polar surface area (TPSA) is 85.1 Å². The molecule has 0 spiro atoms. The van der Waals surface area contributed by atoms with Crippen molar-refractivity contribution < 1.29 is 8.42 Å². The van der Waals surface area contributed by atoms with Crippen LogP contribution in [0.25, 0.3) is 0 Å². The normalized spacial score (nSPS) is 11.3. The van der Waals surface area contributed by atoms with E-state index in [1.54, 1.807) is 19.2 Å². The molecule has 0 radical (unpaired) electrons. The Morgan fingerprint density at radius 1 is 1.40 bits per heavy atom. The molecule has 0 saturated heterocycles. The summed E-state index contributed by atoms with van der Waals surface area (Å²) in [4.78, 5) is 3.87. The van der Waals surface area contributed by atoms with Crippen LogP contribution in [-0.2, 0) is 10.0 Å². The van der Waals surface area contributed by atoms with Gasteiger partial charge >= 0.3 is 0 Å². The molecular formula is C12H11BrClN3O2S. The van der Waals surface area contributed by atoms with Gasteiger partial charge in [0, 0.05) is 16.9 Å². The summed E-state index contributed by atoms with van der Waals surface area (Å²) in [5.41, 5.74) is 7.12. The maximum Gasteiger partial charge on any atom is 0.263 e. The molecule has 0 unspecified atom stereocenters. The van der Waals surface area contributed by atoms with E-state index in [9.17, 15) is 8.42 Å². The number of nitrogens with two attached hydrogens (primary N) is 1. The molecule has 8 heteroatoms. The van der Waals surface area contributed by atoms with Crippen LogP contribution in [-0.4, -0.2) is 13.4 Å². The minimum Gasteiger partial charge on any atom is -0.398 e. The molecule has 1 aromatic carbocycles. The number of rotatable bonds is 3. The smallest absolute Gasteiger partial charge is 0.263 e. The van der Waals surface area contributed by atoms with Crippen LogP contribution in [0.1, 0.15) is 5.56 Å². The summed E-state index contributed by atoms with van der Waals surface area (Å²) in [6.45, 7) is 1.78. The van der Waals surface area contributed by atoms with Gasteiger partial charge in [-0.05, 0) is 46.6 Å². The van der Waals surface area contributed by atoms with E-state index in [1.165, 1.54) is 18.3 Å². The lowest BCUT2D eigenvalue weighted by Crippen LogP contribution is -2.15. The molecule has 0 fully saturated rings. The number of sulfonamides is 1. The fraction of sp³-hybridized carbons (Fsp3) is 0.0833. The number of nitrogens with one attached hydrogen (secondary N) is 1. The van der Waals surface area contributed by atoms with Crippen molar-refractivity contribution in [1.82, 2.24) is 4.98 Å². The molecule has 0 aliphatic heterocycles. The first-order chi connectivity index (χ1) is 9.31. The number of halogens is 2. The standard InChI is InChI=1S/C12H11BrClN3O2S/c1-7-2-3-16-6-10(7)17-20(18,19)11-5-8(14)4-9(15)12(11)13/h2-6,17H,15H2,1H3. The molecule has 0 saturated carbocycles. The Balaban J connectivity index is 2.49. The summed E-state index contributed by atoms with van der Waals surface area (Å²) in [5, 5.41) is 0.244. The largest absolute Gasteiger partial charge is 0.398 e. The zero-order valence-electron chi connectivity index (χ0n) is 10.4. The maximum absolute atomic E-state index is 12.4. The monoisotopic (exact) mass is 375 g/mol. The van der Waals surface area contributed by atoms with E-state index in [0.29, 0.717) is 5.69 Å². The molecule has 1 heterocycles. The second kappa shape index (κ2) is 5.59. The van der Waals surface area contributed by atoms with Crippen LogP contribution >= 0.6 is 27.5 Å². The summed E-state index contributed by atoms with van der Waals surface area (Å²) < 4.78 is 27.5. The molecule has 0 aliphatic carbocycles. The van der Waals surface area contributed by atoms with Gasteiger partial charge in [0.1, 0.15) is 4.90 Å². The highest BCUT2D eigenvalue weighted by Gasteiger charge is 2.21. The Morgan fingerprint density at radius 3 is 2.75 bits per heavy atom. The van der Waals surface area contributed by atoms with Crippen molar-refractivity contribution in [3.05, 3.63) is 45.7 Å². The van der Waals surface area contributed by atoms with E-state index in [0.717, 1.165) is 5.56 Å². The molecule has 3 N–H and O–H groups in total. The quantitative estimate of drug-likeness (QED) is 0.806. The predicted octanol–water partition coefficient (Wildman–Crippen LogP) is 3.19. The van der Waals surface area contributed by atoms with Crippen molar-refractivity contribution in [3.63, 3.8) is 0 Å². The van der Waals surface area contributed by atoms with Crippen molar-refractivity contribution in [2.45, 2.75) is 11.8 Å². The first kappa shape index (κ1) is 15.1. The number of aryl methyl sites for hydroxylation is 1. The summed E-state index contributed by atoms with van der Waals surface area (Å²) in [6, 6.07) is 4.51. The Bertz CT molecular complexity index is 765. The fourth-order valence-electron chi connectivity index (χ4n) is 1.55. The van der Waals surface area contributed by atoms with Gasteiger partial charge in [-0.3, -0.25) is 9.71 Å². The van der Waals surface area contributed by atoms with Gasteiger partial charge in [0.2, 0.25) is 0 Å². The van der Waals surface area contributed by atoms with E-state index in [-0.39, 0.29) is 20.1 Å².